The molecule has 0 spiro atoms. The predicted molar refractivity (Wildman–Crippen MR) is 115 cm³/mol. The second-order valence-corrected chi connectivity index (χ2v) is 9.50. The van der Waals surface area contributed by atoms with E-state index in [0.29, 0.717) is 25.4 Å². The quantitative estimate of drug-likeness (QED) is 0.753. The van der Waals surface area contributed by atoms with Gasteiger partial charge in [0, 0.05) is 25.2 Å². The van der Waals surface area contributed by atoms with Gasteiger partial charge in [0.2, 0.25) is 15.9 Å². The summed E-state index contributed by atoms with van der Waals surface area (Å²) in [5.74, 6) is -0.319. The fraction of sp³-hybridized carbons (Fsp3) is 0.409. The monoisotopic (exact) mass is 416 g/mol. The Labute approximate surface area is 172 Å². The molecule has 1 N–H and O–H groups in total. The topological polar surface area (TPSA) is 75.7 Å². The van der Waals surface area contributed by atoms with Gasteiger partial charge in [0.25, 0.3) is 0 Å². The predicted octanol–water partition coefficient (Wildman–Crippen LogP) is 2.63. The van der Waals surface area contributed by atoms with Gasteiger partial charge in [-0.15, -0.1) is 0 Å². The van der Waals surface area contributed by atoms with Crippen LogP contribution in [0.15, 0.2) is 54.6 Å². The third-order valence-electron chi connectivity index (χ3n) is 5.53. The number of anilines is 1. The number of carbonyl (C=O) groups is 1. The van der Waals surface area contributed by atoms with Crippen LogP contribution in [0, 0.1) is 6.92 Å². The second-order valence-electron chi connectivity index (χ2n) is 7.59. The lowest BCUT2D eigenvalue weighted by Gasteiger charge is -2.38. The molecule has 0 radical (unpaired) electrons. The zero-order valence-electron chi connectivity index (χ0n) is 16.9. The highest BCUT2D eigenvalue weighted by molar-refractivity contribution is 7.92. The van der Waals surface area contributed by atoms with Crippen LogP contribution in [0.25, 0.3) is 0 Å². The van der Waals surface area contributed by atoms with E-state index in [1.165, 1.54) is 5.56 Å². The van der Waals surface area contributed by atoms with E-state index in [0.717, 1.165) is 29.0 Å². The standard InChI is InChI=1S/C22H28N2O4S/c1-18-8-6-7-11-20(18)24(29(2,26)27)16-21(25)23-17-22(12-14-28-15-13-22)19-9-4-3-5-10-19/h3-11H,12-17H2,1-2H3,(H,23,25). The molecule has 0 unspecified atom stereocenters. The van der Waals surface area contributed by atoms with Gasteiger partial charge in [-0.05, 0) is 37.0 Å². The maximum Gasteiger partial charge on any atom is 0.240 e. The molecule has 0 atom stereocenters. The summed E-state index contributed by atoms with van der Waals surface area (Å²) in [6, 6.07) is 17.3. The van der Waals surface area contributed by atoms with Crippen molar-refractivity contribution in [1.29, 1.82) is 0 Å². The Bertz CT molecular complexity index is 938. The zero-order chi connectivity index (χ0) is 20.9. The molecule has 0 aliphatic carbocycles. The largest absolute Gasteiger partial charge is 0.381 e. The van der Waals surface area contributed by atoms with Crippen molar-refractivity contribution in [1.82, 2.24) is 5.32 Å². The van der Waals surface area contributed by atoms with Crippen molar-refractivity contribution in [2.24, 2.45) is 0 Å². The summed E-state index contributed by atoms with van der Waals surface area (Å²) in [7, 11) is -3.59. The number of sulfonamides is 1. The lowest BCUT2D eigenvalue weighted by atomic mass is 9.74. The van der Waals surface area contributed by atoms with Gasteiger partial charge in [0.1, 0.15) is 6.54 Å². The summed E-state index contributed by atoms with van der Waals surface area (Å²) < 4.78 is 31.4. The first kappa shape index (κ1) is 21.3. The molecule has 2 aromatic carbocycles. The number of para-hydroxylation sites is 1. The van der Waals surface area contributed by atoms with E-state index in [1.54, 1.807) is 12.1 Å². The highest BCUT2D eigenvalue weighted by Gasteiger charge is 2.35. The summed E-state index contributed by atoms with van der Waals surface area (Å²) >= 11 is 0. The molecule has 7 heteroatoms. The van der Waals surface area contributed by atoms with Crippen LogP contribution in [0.1, 0.15) is 24.0 Å². The Morgan fingerprint density at radius 2 is 1.69 bits per heavy atom. The van der Waals surface area contributed by atoms with Crippen LogP contribution < -0.4 is 9.62 Å². The molecule has 1 aliphatic heterocycles. The van der Waals surface area contributed by atoms with Gasteiger partial charge >= 0.3 is 0 Å². The van der Waals surface area contributed by atoms with Crippen LogP contribution in [0.3, 0.4) is 0 Å². The molecule has 1 aliphatic rings. The number of ether oxygens (including phenoxy) is 1. The molecule has 6 nitrogen and oxygen atoms in total. The molecule has 156 valence electrons. The Balaban J connectivity index is 1.75. The van der Waals surface area contributed by atoms with Crippen molar-refractivity contribution in [2.45, 2.75) is 25.2 Å². The number of rotatable bonds is 7. The highest BCUT2D eigenvalue weighted by atomic mass is 32.2. The summed E-state index contributed by atoms with van der Waals surface area (Å²) in [6.45, 7) is 3.32. The zero-order valence-corrected chi connectivity index (χ0v) is 17.7. The van der Waals surface area contributed by atoms with Crippen molar-refractivity contribution in [3.8, 4) is 0 Å². The summed E-state index contributed by atoms with van der Waals surface area (Å²) in [5.41, 5.74) is 2.29. The smallest absolute Gasteiger partial charge is 0.240 e. The van der Waals surface area contributed by atoms with Crippen molar-refractivity contribution >= 4 is 21.6 Å². The lowest BCUT2D eigenvalue weighted by Crippen LogP contribution is -2.47. The van der Waals surface area contributed by atoms with Crippen molar-refractivity contribution < 1.29 is 17.9 Å². The summed E-state index contributed by atoms with van der Waals surface area (Å²) in [6.07, 6.45) is 2.74. The Morgan fingerprint density at radius 1 is 1.07 bits per heavy atom. The van der Waals surface area contributed by atoms with Crippen LogP contribution in [0.5, 0.6) is 0 Å². The average molecular weight is 417 g/mol. The summed E-state index contributed by atoms with van der Waals surface area (Å²) in [5, 5.41) is 2.98. The van der Waals surface area contributed by atoms with E-state index in [1.807, 2.05) is 37.3 Å². The molecular weight excluding hydrogens is 388 g/mol. The number of amides is 1. The molecule has 1 saturated heterocycles. The fourth-order valence-electron chi connectivity index (χ4n) is 3.80. The average Bonchev–Trinajstić information content (AvgIpc) is 2.72. The van der Waals surface area contributed by atoms with Gasteiger partial charge in [-0.3, -0.25) is 9.10 Å². The van der Waals surface area contributed by atoms with Gasteiger partial charge in [0.15, 0.2) is 0 Å². The number of benzene rings is 2. The first-order valence-corrected chi connectivity index (χ1v) is 11.6. The molecule has 1 fully saturated rings. The minimum atomic E-state index is -3.59. The van der Waals surface area contributed by atoms with Gasteiger partial charge in [-0.1, -0.05) is 48.5 Å². The fourth-order valence-corrected chi connectivity index (χ4v) is 4.71. The first-order chi connectivity index (χ1) is 13.8. The maximum atomic E-state index is 12.8. The molecule has 2 aromatic rings. The highest BCUT2D eigenvalue weighted by Crippen LogP contribution is 2.34. The minimum Gasteiger partial charge on any atom is -0.381 e. The molecular formula is C22H28N2O4S. The van der Waals surface area contributed by atoms with Gasteiger partial charge in [0.05, 0.1) is 11.9 Å². The van der Waals surface area contributed by atoms with Gasteiger partial charge in [-0.2, -0.15) is 0 Å². The molecule has 0 saturated carbocycles. The van der Waals surface area contributed by atoms with Crippen molar-refractivity contribution in [2.75, 3.05) is 36.9 Å². The number of aryl methyl sites for hydroxylation is 1. The van der Waals surface area contributed by atoms with E-state index in [-0.39, 0.29) is 17.9 Å². The van der Waals surface area contributed by atoms with E-state index < -0.39 is 10.0 Å². The van der Waals surface area contributed by atoms with Crippen LogP contribution in [-0.2, 0) is 25.0 Å². The molecule has 29 heavy (non-hydrogen) atoms. The van der Waals surface area contributed by atoms with Crippen LogP contribution in [0.2, 0.25) is 0 Å². The third kappa shape index (κ3) is 5.16. The Hall–Kier alpha value is -2.38. The number of nitrogens with one attached hydrogen (secondary N) is 1. The number of hydrogen-bond donors (Lipinski definition) is 1. The molecule has 3 rings (SSSR count). The molecule has 0 bridgehead atoms. The Kier molecular flexibility index (Phi) is 6.59. The van der Waals surface area contributed by atoms with Crippen molar-refractivity contribution in [3.05, 3.63) is 65.7 Å². The van der Waals surface area contributed by atoms with E-state index >= 15 is 0 Å². The van der Waals surface area contributed by atoms with Crippen LogP contribution in [0.4, 0.5) is 5.69 Å². The second kappa shape index (κ2) is 8.97. The minimum absolute atomic E-state index is 0.201. The van der Waals surface area contributed by atoms with Crippen molar-refractivity contribution in [3.63, 3.8) is 0 Å². The normalized spacial score (nSPS) is 16.2. The van der Waals surface area contributed by atoms with Gasteiger partial charge < -0.3 is 10.1 Å². The van der Waals surface area contributed by atoms with E-state index in [4.69, 9.17) is 4.74 Å². The number of carbonyl (C=O) groups excluding carboxylic acids is 1. The first-order valence-electron chi connectivity index (χ1n) is 9.75. The third-order valence-corrected chi connectivity index (χ3v) is 6.66. The maximum absolute atomic E-state index is 12.8. The number of hydrogen-bond acceptors (Lipinski definition) is 4. The van der Waals surface area contributed by atoms with Gasteiger partial charge in [-0.25, -0.2) is 8.42 Å². The van der Waals surface area contributed by atoms with E-state index in [9.17, 15) is 13.2 Å². The molecule has 1 amide bonds. The lowest BCUT2D eigenvalue weighted by molar-refractivity contribution is -0.120. The Morgan fingerprint density at radius 3 is 2.31 bits per heavy atom. The summed E-state index contributed by atoms with van der Waals surface area (Å²) in [4.78, 5) is 12.8. The van der Waals surface area contributed by atoms with Crippen LogP contribution >= 0.6 is 0 Å². The van der Waals surface area contributed by atoms with E-state index in [2.05, 4.69) is 17.4 Å². The SMILES string of the molecule is Cc1ccccc1N(CC(=O)NCC1(c2ccccc2)CCOCC1)S(C)(=O)=O. The molecule has 1 heterocycles. The molecule has 0 aromatic heterocycles. The number of nitrogens with zero attached hydrogens (tertiary/aromatic N) is 1. The van der Waals surface area contributed by atoms with Crippen LogP contribution in [-0.4, -0.2) is 46.9 Å².